The number of hydrogen-bond acceptors (Lipinski definition) is 2. The normalized spacial score (nSPS) is 31.0. The smallest absolute Gasteiger partial charge is 0.0952 e. The van der Waals surface area contributed by atoms with Gasteiger partial charge in [-0.2, -0.15) is 0 Å². The Hall–Kier alpha value is 0.650. The molecule has 12 heavy (non-hydrogen) atoms. The maximum absolute atomic E-state index is 5.33. The molecule has 1 aliphatic rings. The van der Waals surface area contributed by atoms with Crippen molar-refractivity contribution in [3.63, 3.8) is 0 Å². The van der Waals surface area contributed by atoms with Crippen LogP contribution < -0.4 is 0 Å². The quantitative estimate of drug-likeness (QED) is 0.336. The second-order valence-corrected chi connectivity index (χ2v) is 6.09. The van der Waals surface area contributed by atoms with E-state index in [1.807, 2.05) is 20.8 Å². The summed E-state index contributed by atoms with van der Waals surface area (Å²) in [7, 11) is 0. The highest BCUT2D eigenvalue weighted by atomic mass is 127. The van der Waals surface area contributed by atoms with E-state index in [2.05, 4.69) is 22.6 Å². The van der Waals surface area contributed by atoms with Crippen molar-refractivity contribution >= 4 is 22.6 Å². The predicted octanol–water partition coefficient (Wildman–Crippen LogP) is 3.09. The summed E-state index contributed by atoms with van der Waals surface area (Å²) in [6.07, 6.45) is 3.87. The first-order valence-corrected chi connectivity index (χ1v) is 5.70. The molecular weight excluding hydrogens is 267 g/mol. The zero-order valence-corrected chi connectivity index (χ0v) is 10.1. The van der Waals surface area contributed by atoms with Gasteiger partial charge in [0.2, 0.25) is 0 Å². The van der Waals surface area contributed by atoms with Gasteiger partial charge in [-0.1, -0.05) is 22.6 Å². The predicted molar refractivity (Wildman–Crippen MR) is 57.4 cm³/mol. The van der Waals surface area contributed by atoms with Crippen molar-refractivity contribution in [2.45, 2.75) is 55.7 Å². The van der Waals surface area contributed by atoms with Crippen LogP contribution >= 0.6 is 22.6 Å². The van der Waals surface area contributed by atoms with Crippen LogP contribution in [0, 0.1) is 0 Å². The van der Waals surface area contributed by atoms with Gasteiger partial charge in [-0.25, -0.2) is 9.78 Å². The monoisotopic (exact) mass is 284 g/mol. The first-order chi connectivity index (χ1) is 5.47. The molecule has 0 saturated heterocycles. The van der Waals surface area contributed by atoms with Gasteiger partial charge in [-0.3, -0.25) is 0 Å². The molecule has 0 aromatic heterocycles. The fourth-order valence-electron chi connectivity index (χ4n) is 1.19. The van der Waals surface area contributed by atoms with E-state index in [0.29, 0.717) is 6.10 Å². The van der Waals surface area contributed by atoms with Crippen molar-refractivity contribution < 1.29 is 9.78 Å². The minimum absolute atomic E-state index is 0.177. The summed E-state index contributed by atoms with van der Waals surface area (Å²) in [5.41, 5.74) is -0.177. The molecule has 0 heterocycles. The maximum Gasteiger partial charge on any atom is 0.0952 e. The average molecular weight is 284 g/mol. The third kappa shape index (κ3) is 4.05. The molecule has 1 aliphatic carbocycles. The first-order valence-electron chi connectivity index (χ1n) is 4.46. The van der Waals surface area contributed by atoms with E-state index >= 15 is 0 Å². The van der Waals surface area contributed by atoms with Gasteiger partial charge in [0, 0.05) is 3.92 Å². The number of halogens is 1. The summed E-state index contributed by atoms with van der Waals surface area (Å²) in [6, 6.07) is 0. The largest absolute Gasteiger partial charge is 0.233 e. The third-order valence-corrected chi connectivity index (χ3v) is 2.89. The topological polar surface area (TPSA) is 18.5 Å². The highest BCUT2D eigenvalue weighted by molar-refractivity contribution is 14.1. The summed E-state index contributed by atoms with van der Waals surface area (Å²) >= 11 is 2.47. The minimum Gasteiger partial charge on any atom is -0.233 e. The molecule has 0 aromatic carbocycles. The Morgan fingerprint density at radius 2 is 1.92 bits per heavy atom. The summed E-state index contributed by atoms with van der Waals surface area (Å²) in [6.45, 7) is 6.01. The molecule has 1 rings (SSSR count). The van der Waals surface area contributed by atoms with Crippen LogP contribution in [0.1, 0.15) is 40.0 Å². The molecule has 72 valence electrons. The van der Waals surface area contributed by atoms with Crippen molar-refractivity contribution in [3.8, 4) is 0 Å². The van der Waals surface area contributed by atoms with E-state index in [1.165, 1.54) is 6.42 Å². The number of rotatable bonds is 2. The van der Waals surface area contributed by atoms with E-state index in [1.54, 1.807) is 0 Å². The van der Waals surface area contributed by atoms with Crippen molar-refractivity contribution in [1.29, 1.82) is 0 Å². The summed E-state index contributed by atoms with van der Waals surface area (Å²) < 4.78 is 0.774. The Morgan fingerprint density at radius 1 is 1.25 bits per heavy atom. The Balaban J connectivity index is 2.16. The van der Waals surface area contributed by atoms with Gasteiger partial charge >= 0.3 is 0 Å². The summed E-state index contributed by atoms with van der Waals surface area (Å²) in [4.78, 5) is 10.6. The summed E-state index contributed by atoms with van der Waals surface area (Å²) in [5, 5.41) is 0. The Bertz CT molecular complexity index is 142. The Kier molecular flexibility index (Phi) is 3.79. The van der Waals surface area contributed by atoms with Crippen molar-refractivity contribution in [2.24, 2.45) is 0 Å². The molecule has 3 heteroatoms. The molecule has 2 nitrogen and oxygen atoms in total. The van der Waals surface area contributed by atoms with Crippen LogP contribution in [0.4, 0.5) is 0 Å². The van der Waals surface area contributed by atoms with Crippen LogP contribution in [-0.4, -0.2) is 15.6 Å². The van der Waals surface area contributed by atoms with Crippen molar-refractivity contribution in [2.75, 3.05) is 0 Å². The van der Waals surface area contributed by atoms with E-state index in [9.17, 15) is 0 Å². The van der Waals surface area contributed by atoms with Crippen LogP contribution in [0.15, 0.2) is 0 Å². The van der Waals surface area contributed by atoms with Gasteiger partial charge in [-0.05, 0) is 40.0 Å². The first kappa shape index (κ1) is 10.7. The van der Waals surface area contributed by atoms with E-state index in [-0.39, 0.29) is 5.60 Å². The fraction of sp³-hybridized carbons (Fsp3) is 1.00. The van der Waals surface area contributed by atoms with Crippen LogP contribution in [0.25, 0.3) is 0 Å². The lowest BCUT2D eigenvalue weighted by Crippen LogP contribution is -2.23. The lowest BCUT2D eigenvalue weighted by molar-refractivity contribution is -0.371. The van der Waals surface area contributed by atoms with Crippen LogP contribution in [0.2, 0.25) is 0 Å². The fourth-order valence-corrected chi connectivity index (χ4v) is 2.11. The van der Waals surface area contributed by atoms with E-state index in [4.69, 9.17) is 9.78 Å². The van der Waals surface area contributed by atoms with Crippen LogP contribution in [0.5, 0.6) is 0 Å². The SMILES string of the molecule is CC(C)(C)OO[C@H]1CC[C@H](I)C1. The van der Waals surface area contributed by atoms with Gasteiger partial charge in [0.25, 0.3) is 0 Å². The molecule has 0 amide bonds. The molecule has 0 bridgehead atoms. The molecule has 0 unspecified atom stereocenters. The highest BCUT2D eigenvalue weighted by Gasteiger charge is 2.25. The average Bonchev–Trinajstić information content (AvgIpc) is 2.30. The van der Waals surface area contributed by atoms with Crippen LogP contribution in [-0.2, 0) is 9.78 Å². The van der Waals surface area contributed by atoms with Gasteiger partial charge < -0.3 is 0 Å². The molecule has 0 aromatic rings. The molecular formula is C9H17IO2. The molecule has 2 atom stereocenters. The standard InChI is InChI=1S/C9H17IO2/c1-9(2,3)12-11-8-5-4-7(10)6-8/h7-8H,4-6H2,1-3H3/t7-,8-/m0/s1. The van der Waals surface area contributed by atoms with Gasteiger partial charge in [0.05, 0.1) is 11.7 Å². The molecule has 1 fully saturated rings. The second-order valence-electron chi connectivity index (χ2n) is 4.32. The van der Waals surface area contributed by atoms with Gasteiger partial charge in [-0.15, -0.1) is 0 Å². The zero-order chi connectivity index (χ0) is 9.19. The zero-order valence-electron chi connectivity index (χ0n) is 7.97. The van der Waals surface area contributed by atoms with Gasteiger partial charge in [0.1, 0.15) is 0 Å². The van der Waals surface area contributed by atoms with Crippen LogP contribution in [0.3, 0.4) is 0 Å². The molecule has 0 spiro atoms. The van der Waals surface area contributed by atoms with Crippen molar-refractivity contribution in [3.05, 3.63) is 0 Å². The molecule has 0 radical (unpaired) electrons. The molecule has 0 aliphatic heterocycles. The van der Waals surface area contributed by atoms with Crippen molar-refractivity contribution in [1.82, 2.24) is 0 Å². The summed E-state index contributed by atoms with van der Waals surface area (Å²) in [5.74, 6) is 0. The molecule has 0 N–H and O–H groups in total. The Labute approximate surface area is 88.1 Å². The second kappa shape index (κ2) is 4.24. The van der Waals surface area contributed by atoms with E-state index < -0.39 is 0 Å². The van der Waals surface area contributed by atoms with E-state index in [0.717, 1.165) is 16.8 Å². The van der Waals surface area contributed by atoms with Gasteiger partial charge in [0.15, 0.2) is 0 Å². The third-order valence-electron chi connectivity index (χ3n) is 1.75. The highest BCUT2D eigenvalue weighted by Crippen LogP contribution is 2.28. The minimum atomic E-state index is -0.177. The number of alkyl halides is 1. The number of hydrogen-bond donors (Lipinski definition) is 0. The molecule has 1 saturated carbocycles. The Morgan fingerprint density at radius 3 is 2.33 bits per heavy atom. The maximum atomic E-state index is 5.33. The lowest BCUT2D eigenvalue weighted by Gasteiger charge is -2.20. The lowest BCUT2D eigenvalue weighted by atomic mass is 10.2.